The zero-order chi connectivity index (χ0) is 11.7. The van der Waals surface area contributed by atoms with Crippen LogP contribution in [0, 0.1) is 0 Å². The van der Waals surface area contributed by atoms with E-state index in [4.69, 9.17) is 17.3 Å². The molecule has 1 aromatic heterocycles. The molecule has 0 bridgehead atoms. The maximum atomic E-state index is 9.46. The SMILES string of the molecule is NCc1ccnc(N2CC(O)C(O)C2)c1Cl. The van der Waals surface area contributed by atoms with Crippen molar-refractivity contribution in [1.29, 1.82) is 0 Å². The molecule has 2 heterocycles. The van der Waals surface area contributed by atoms with Gasteiger partial charge < -0.3 is 20.8 Å². The highest BCUT2D eigenvalue weighted by molar-refractivity contribution is 6.33. The van der Waals surface area contributed by atoms with Crippen LogP contribution in [-0.4, -0.2) is 40.5 Å². The Balaban J connectivity index is 2.28. The summed E-state index contributed by atoms with van der Waals surface area (Å²) in [6.07, 6.45) is 0.124. The predicted octanol–water partition coefficient (Wildman–Crippen LogP) is -0.265. The Morgan fingerprint density at radius 1 is 1.44 bits per heavy atom. The van der Waals surface area contributed by atoms with Gasteiger partial charge >= 0.3 is 0 Å². The fourth-order valence-electron chi connectivity index (χ4n) is 1.79. The van der Waals surface area contributed by atoms with Crippen LogP contribution in [0.5, 0.6) is 0 Å². The average molecular weight is 244 g/mol. The molecule has 2 rings (SSSR count). The number of aliphatic hydroxyl groups is 2. The van der Waals surface area contributed by atoms with E-state index >= 15 is 0 Å². The molecule has 1 aliphatic heterocycles. The highest BCUT2D eigenvalue weighted by atomic mass is 35.5. The molecule has 0 spiro atoms. The molecule has 16 heavy (non-hydrogen) atoms. The molecule has 0 aliphatic carbocycles. The van der Waals surface area contributed by atoms with Crippen LogP contribution in [0.1, 0.15) is 5.56 Å². The van der Waals surface area contributed by atoms with Gasteiger partial charge in [-0.15, -0.1) is 0 Å². The number of anilines is 1. The quantitative estimate of drug-likeness (QED) is 0.667. The lowest BCUT2D eigenvalue weighted by Crippen LogP contribution is -2.23. The number of β-amino-alcohol motifs (C(OH)–C–C–N with tert-alkyl or cyclic N) is 2. The molecule has 2 unspecified atom stereocenters. The Morgan fingerprint density at radius 3 is 2.62 bits per heavy atom. The summed E-state index contributed by atoms with van der Waals surface area (Å²) in [5.74, 6) is 0.570. The first-order valence-electron chi connectivity index (χ1n) is 5.08. The monoisotopic (exact) mass is 243 g/mol. The van der Waals surface area contributed by atoms with E-state index in [9.17, 15) is 10.2 Å². The van der Waals surface area contributed by atoms with E-state index < -0.39 is 12.2 Å². The number of nitrogens with two attached hydrogens (primary N) is 1. The van der Waals surface area contributed by atoms with Crippen molar-refractivity contribution >= 4 is 17.4 Å². The Kier molecular flexibility index (Phi) is 3.30. The van der Waals surface area contributed by atoms with Gasteiger partial charge in [-0.05, 0) is 11.6 Å². The van der Waals surface area contributed by atoms with Crippen molar-refractivity contribution in [1.82, 2.24) is 4.98 Å². The molecule has 1 aromatic rings. The van der Waals surface area contributed by atoms with Crippen molar-refractivity contribution in [3.05, 3.63) is 22.8 Å². The fourth-order valence-corrected chi connectivity index (χ4v) is 2.10. The number of hydrogen-bond donors (Lipinski definition) is 3. The van der Waals surface area contributed by atoms with Gasteiger partial charge in [0.1, 0.15) is 5.82 Å². The van der Waals surface area contributed by atoms with Gasteiger partial charge in [0, 0.05) is 25.8 Å². The summed E-state index contributed by atoms with van der Waals surface area (Å²) in [5.41, 5.74) is 6.35. The summed E-state index contributed by atoms with van der Waals surface area (Å²) in [7, 11) is 0. The lowest BCUT2D eigenvalue weighted by molar-refractivity contribution is 0.0572. The lowest BCUT2D eigenvalue weighted by atomic mass is 10.2. The van der Waals surface area contributed by atoms with Crippen molar-refractivity contribution < 1.29 is 10.2 Å². The molecule has 0 radical (unpaired) electrons. The second-order valence-corrected chi connectivity index (χ2v) is 4.23. The minimum Gasteiger partial charge on any atom is -0.389 e. The van der Waals surface area contributed by atoms with Crippen molar-refractivity contribution in [3.8, 4) is 0 Å². The topological polar surface area (TPSA) is 82.6 Å². The normalized spacial score (nSPS) is 25.1. The number of halogens is 1. The van der Waals surface area contributed by atoms with Crippen LogP contribution >= 0.6 is 11.6 Å². The van der Waals surface area contributed by atoms with Crippen molar-refractivity contribution in [2.45, 2.75) is 18.8 Å². The van der Waals surface area contributed by atoms with Crippen molar-refractivity contribution in [2.24, 2.45) is 5.73 Å². The maximum Gasteiger partial charge on any atom is 0.147 e. The molecule has 5 nitrogen and oxygen atoms in total. The van der Waals surface area contributed by atoms with Gasteiger partial charge in [0.05, 0.1) is 17.2 Å². The molecule has 0 amide bonds. The number of hydrogen-bond acceptors (Lipinski definition) is 5. The standard InChI is InChI=1S/C10H14ClN3O2/c11-9-6(3-12)1-2-13-10(9)14-4-7(15)8(16)5-14/h1-2,7-8,15-16H,3-5,12H2. The van der Waals surface area contributed by atoms with E-state index in [0.717, 1.165) is 5.56 Å². The largest absolute Gasteiger partial charge is 0.389 e. The van der Waals surface area contributed by atoms with E-state index in [-0.39, 0.29) is 0 Å². The van der Waals surface area contributed by atoms with Gasteiger partial charge in [-0.3, -0.25) is 0 Å². The molecule has 1 saturated heterocycles. The molecule has 2 atom stereocenters. The zero-order valence-electron chi connectivity index (χ0n) is 8.67. The molecule has 0 aromatic carbocycles. The number of pyridine rings is 1. The first-order valence-corrected chi connectivity index (χ1v) is 5.45. The summed E-state index contributed by atoms with van der Waals surface area (Å²) in [5, 5.41) is 19.4. The lowest BCUT2D eigenvalue weighted by Gasteiger charge is -2.18. The van der Waals surface area contributed by atoms with Crippen LogP contribution in [0.4, 0.5) is 5.82 Å². The first-order chi connectivity index (χ1) is 7.63. The van der Waals surface area contributed by atoms with Gasteiger partial charge in [0.15, 0.2) is 0 Å². The van der Waals surface area contributed by atoms with E-state index in [1.54, 1.807) is 17.2 Å². The minimum atomic E-state index is -0.751. The Labute approximate surface area is 98.5 Å². The number of aromatic nitrogens is 1. The number of nitrogens with zero attached hydrogens (tertiary/aromatic N) is 2. The highest BCUT2D eigenvalue weighted by Crippen LogP contribution is 2.29. The summed E-state index contributed by atoms with van der Waals surface area (Å²) in [6, 6.07) is 1.76. The summed E-state index contributed by atoms with van der Waals surface area (Å²) in [6.45, 7) is 1.01. The minimum absolute atomic E-state index is 0.335. The van der Waals surface area contributed by atoms with E-state index in [2.05, 4.69) is 4.98 Å². The third-order valence-electron chi connectivity index (χ3n) is 2.73. The first kappa shape index (κ1) is 11.6. The van der Waals surface area contributed by atoms with Gasteiger partial charge in [0.2, 0.25) is 0 Å². The Morgan fingerprint density at radius 2 is 2.06 bits per heavy atom. The van der Waals surface area contributed by atoms with Gasteiger partial charge in [-0.1, -0.05) is 11.6 Å². The van der Waals surface area contributed by atoms with E-state index in [1.807, 2.05) is 0 Å². The molecular weight excluding hydrogens is 230 g/mol. The third kappa shape index (κ3) is 1.99. The molecule has 0 saturated carbocycles. The third-order valence-corrected chi connectivity index (χ3v) is 3.14. The molecule has 88 valence electrons. The number of rotatable bonds is 2. The summed E-state index contributed by atoms with van der Waals surface area (Å²) in [4.78, 5) is 5.91. The molecule has 1 aliphatic rings. The summed E-state index contributed by atoms with van der Waals surface area (Å²) >= 11 is 6.14. The zero-order valence-corrected chi connectivity index (χ0v) is 9.43. The fraction of sp³-hybridized carbons (Fsp3) is 0.500. The summed E-state index contributed by atoms with van der Waals surface area (Å²) < 4.78 is 0. The van der Waals surface area contributed by atoms with Crippen LogP contribution in [-0.2, 0) is 6.54 Å². The molecular formula is C10H14ClN3O2. The van der Waals surface area contributed by atoms with Crippen LogP contribution in [0.15, 0.2) is 12.3 Å². The van der Waals surface area contributed by atoms with Crippen LogP contribution in [0.25, 0.3) is 0 Å². The van der Waals surface area contributed by atoms with Crippen molar-refractivity contribution in [3.63, 3.8) is 0 Å². The van der Waals surface area contributed by atoms with Gasteiger partial charge in [-0.25, -0.2) is 4.98 Å². The van der Waals surface area contributed by atoms with Crippen LogP contribution in [0.2, 0.25) is 5.02 Å². The Bertz CT molecular complexity index is 378. The van der Waals surface area contributed by atoms with Crippen molar-refractivity contribution in [2.75, 3.05) is 18.0 Å². The molecule has 4 N–H and O–H groups in total. The van der Waals surface area contributed by atoms with Gasteiger partial charge in [0.25, 0.3) is 0 Å². The van der Waals surface area contributed by atoms with Crippen LogP contribution < -0.4 is 10.6 Å². The van der Waals surface area contributed by atoms with E-state index in [1.165, 1.54) is 0 Å². The Hall–Kier alpha value is -0.880. The second-order valence-electron chi connectivity index (χ2n) is 3.85. The second kappa shape index (κ2) is 4.55. The molecule has 1 fully saturated rings. The number of aliphatic hydroxyl groups excluding tert-OH is 2. The van der Waals surface area contributed by atoms with Gasteiger partial charge in [-0.2, -0.15) is 0 Å². The highest BCUT2D eigenvalue weighted by Gasteiger charge is 2.31. The predicted molar refractivity (Wildman–Crippen MR) is 61.4 cm³/mol. The molecule has 6 heteroatoms. The van der Waals surface area contributed by atoms with E-state index in [0.29, 0.717) is 30.5 Å². The smallest absolute Gasteiger partial charge is 0.147 e. The maximum absolute atomic E-state index is 9.46. The average Bonchev–Trinajstić information content (AvgIpc) is 2.59. The van der Waals surface area contributed by atoms with Crippen LogP contribution in [0.3, 0.4) is 0 Å².